The Morgan fingerprint density at radius 1 is 1.30 bits per heavy atom. The van der Waals surface area contributed by atoms with Crippen molar-refractivity contribution >= 4 is 17.2 Å². The summed E-state index contributed by atoms with van der Waals surface area (Å²) in [6, 6.07) is 5.24. The number of hydrogen-bond acceptors (Lipinski definition) is 3. The third-order valence-electron chi connectivity index (χ3n) is 3.19. The Bertz CT molecular complexity index is 700. The summed E-state index contributed by atoms with van der Waals surface area (Å²) in [5, 5.41) is 2.87. The highest BCUT2D eigenvalue weighted by atomic mass is 32.1. The van der Waals surface area contributed by atoms with Crippen LogP contribution in [0.4, 0.5) is 0 Å². The van der Waals surface area contributed by atoms with E-state index in [0.717, 1.165) is 11.3 Å². The van der Waals surface area contributed by atoms with E-state index in [1.165, 1.54) is 9.75 Å². The SMILES string of the molecule is Cc1ccc(C(=O)NC(C)c2cc(C)sc2C)c(=O)[nH]1. The van der Waals surface area contributed by atoms with E-state index < -0.39 is 0 Å². The van der Waals surface area contributed by atoms with Crippen LogP contribution in [0.1, 0.15) is 44.3 Å². The number of aryl methyl sites for hydroxylation is 3. The first-order valence-corrected chi connectivity index (χ1v) is 7.28. The molecule has 5 heteroatoms. The minimum absolute atomic E-state index is 0.117. The maximum absolute atomic E-state index is 12.2. The lowest BCUT2D eigenvalue weighted by Gasteiger charge is -2.13. The molecule has 2 heterocycles. The van der Waals surface area contributed by atoms with E-state index in [2.05, 4.69) is 16.4 Å². The highest BCUT2D eigenvalue weighted by Crippen LogP contribution is 2.26. The van der Waals surface area contributed by atoms with Crippen LogP contribution >= 0.6 is 11.3 Å². The third kappa shape index (κ3) is 2.99. The molecule has 1 amide bonds. The summed E-state index contributed by atoms with van der Waals surface area (Å²) in [7, 11) is 0. The molecular formula is C15H18N2O2S. The van der Waals surface area contributed by atoms with E-state index in [0.29, 0.717) is 0 Å². The van der Waals surface area contributed by atoms with Crippen molar-refractivity contribution in [3.63, 3.8) is 0 Å². The molecule has 2 rings (SSSR count). The molecular weight excluding hydrogens is 272 g/mol. The van der Waals surface area contributed by atoms with E-state index in [4.69, 9.17) is 0 Å². The molecule has 0 aliphatic rings. The maximum Gasteiger partial charge on any atom is 0.260 e. The number of aromatic amines is 1. The fourth-order valence-corrected chi connectivity index (χ4v) is 3.21. The number of carbonyl (C=O) groups is 1. The number of H-pyrrole nitrogens is 1. The molecule has 0 bridgehead atoms. The summed E-state index contributed by atoms with van der Waals surface area (Å²) in [4.78, 5) is 28.9. The van der Waals surface area contributed by atoms with Crippen molar-refractivity contribution in [3.8, 4) is 0 Å². The van der Waals surface area contributed by atoms with E-state index in [1.54, 1.807) is 30.4 Å². The average Bonchev–Trinajstić information content (AvgIpc) is 2.68. The van der Waals surface area contributed by atoms with E-state index in [-0.39, 0.29) is 23.1 Å². The minimum Gasteiger partial charge on any atom is -0.345 e. The predicted octanol–water partition coefficient (Wildman–Crippen LogP) is 2.85. The van der Waals surface area contributed by atoms with Crippen LogP contribution in [0, 0.1) is 20.8 Å². The summed E-state index contributed by atoms with van der Waals surface area (Å²) in [5.74, 6) is -0.345. The molecule has 0 saturated carbocycles. The van der Waals surface area contributed by atoms with Crippen LogP contribution in [-0.2, 0) is 0 Å². The summed E-state index contributed by atoms with van der Waals surface area (Å²) < 4.78 is 0. The monoisotopic (exact) mass is 290 g/mol. The summed E-state index contributed by atoms with van der Waals surface area (Å²) in [6.45, 7) is 7.78. The average molecular weight is 290 g/mol. The molecule has 106 valence electrons. The van der Waals surface area contributed by atoms with Gasteiger partial charge in [0.05, 0.1) is 6.04 Å². The number of pyridine rings is 1. The smallest absolute Gasteiger partial charge is 0.260 e. The predicted molar refractivity (Wildman–Crippen MR) is 81.5 cm³/mol. The lowest BCUT2D eigenvalue weighted by atomic mass is 10.1. The third-order valence-corrected chi connectivity index (χ3v) is 4.18. The zero-order valence-corrected chi connectivity index (χ0v) is 12.9. The zero-order valence-electron chi connectivity index (χ0n) is 12.0. The quantitative estimate of drug-likeness (QED) is 0.913. The van der Waals surface area contributed by atoms with Gasteiger partial charge in [-0.05, 0) is 51.5 Å². The number of amides is 1. The molecule has 0 aliphatic heterocycles. The van der Waals surface area contributed by atoms with Gasteiger partial charge < -0.3 is 10.3 Å². The highest BCUT2D eigenvalue weighted by molar-refractivity contribution is 7.12. The Hall–Kier alpha value is -1.88. The second-order valence-electron chi connectivity index (χ2n) is 4.95. The molecule has 0 aromatic carbocycles. The van der Waals surface area contributed by atoms with Gasteiger partial charge in [0, 0.05) is 15.4 Å². The van der Waals surface area contributed by atoms with Crippen LogP contribution in [-0.4, -0.2) is 10.9 Å². The molecule has 4 nitrogen and oxygen atoms in total. The van der Waals surface area contributed by atoms with Gasteiger partial charge in [-0.25, -0.2) is 0 Å². The van der Waals surface area contributed by atoms with Gasteiger partial charge in [-0.3, -0.25) is 9.59 Å². The molecule has 1 unspecified atom stereocenters. The van der Waals surface area contributed by atoms with Crippen molar-refractivity contribution in [2.24, 2.45) is 0 Å². The molecule has 0 radical (unpaired) electrons. The molecule has 20 heavy (non-hydrogen) atoms. The van der Waals surface area contributed by atoms with Crippen molar-refractivity contribution in [1.29, 1.82) is 0 Å². The van der Waals surface area contributed by atoms with E-state index in [9.17, 15) is 9.59 Å². The highest BCUT2D eigenvalue weighted by Gasteiger charge is 2.16. The van der Waals surface area contributed by atoms with Crippen LogP contribution in [0.25, 0.3) is 0 Å². The Morgan fingerprint density at radius 3 is 2.55 bits per heavy atom. The molecule has 0 fully saturated rings. The van der Waals surface area contributed by atoms with Crippen molar-refractivity contribution in [3.05, 3.63) is 55.1 Å². The van der Waals surface area contributed by atoms with Gasteiger partial charge >= 0.3 is 0 Å². The van der Waals surface area contributed by atoms with Crippen molar-refractivity contribution < 1.29 is 4.79 Å². The number of thiophene rings is 1. The van der Waals surface area contributed by atoms with Crippen LogP contribution in [0.5, 0.6) is 0 Å². The number of carbonyl (C=O) groups excluding carboxylic acids is 1. The first kappa shape index (κ1) is 14.5. The normalized spacial score (nSPS) is 12.2. The maximum atomic E-state index is 12.2. The van der Waals surface area contributed by atoms with Crippen LogP contribution in [0.3, 0.4) is 0 Å². The Labute approximate surface area is 121 Å². The van der Waals surface area contributed by atoms with E-state index in [1.807, 2.05) is 20.8 Å². The minimum atomic E-state index is -0.354. The molecule has 0 spiro atoms. The van der Waals surface area contributed by atoms with Crippen molar-refractivity contribution in [2.75, 3.05) is 0 Å². The summed E-state index contributed by atoms with van der Waals surface area (Å²) in [5.41, 5.74) is 1.63. The number of hydrogen-bond donors (Lipinski definition) is 2. The molecule has 2 aromatic rings. The number of nitrogens with one attached hydrogen (secondary N) is 2. The molecule has 0 saturated heterocycles. The van der Waals surface area contributed by atoms with Gasteiger partial charge in [-0.15, -0.1) is 11.3 Å². The summed E-state index contributed by atoms with van der Waals surface area (Å²) >= 11 is 1.71. The fraction of sp³-hybridized carbons (Fsp3) is 0.333. The molecule has 2 aromatic heterocycles. The lowest BCUT2D eigenvalue weighted by Crippen LogP contribution is -2.31. The fourth-order valence-electron chi connectivity index (χ4n) is 2.18. The Balaban J connectivity index is 2.19. The Kier molecular flexibility index (Phi) is 4.09. The first-order valence-electron chi connectivity index (χ1n) is 6.46. The largest absolute Gasteiger partial charge is 0.345 e. The second-order valence-corrected chi connectivity index (χ2v) is 6.41. The van der Waals surface area contributed by atoms with Gasteiger partial charge in [-0.2, -0.15) is 0 Å². The molecule has 1 atom stereocenters. The molecule has 2 N–H and O–H groups in total. The topological polar surface area (TPSA) is 62.0 Å². The molecule has 0 aliphatic carbocycles. The van der Waals surface area contributed by atoms with Crippen molar-refractivity contribution in [1.82, 2.24) is 10.3 Å². The standard InChI is InChI=1S/C15H18N2O2S/c1-8-5-6-12(14(18)16-8)15(19)17-10(3)13-7-9(2)20-11(13)4/h5-7,10H,1-4H3,(H,16,18)(H,17,19). The van der Waals surface area contributed by atoms with Crippen LogP contribution in [0.15, 0.2) is 23.0 Å². The van der Waals surface area contributed by atoms with Crippen LogP contribution in [0.2, 0.25) is 0 Å². The van der Waals surface area contributed by atoms with Crippen LogP contribution < -0.4 is 10.9 Å². The zero-order chi connectivity index (χ0) is 14.9. The number of aromatic nitrogens is 1. The van der Waals surface area contributed by atoms with Gasteiger partial charge in [0.1, 0.15) is 5.56 Å². The Morgan fingerprint density at radius 2 is 2.00 bits per heavy atom. The van der Waals surface area contributed by atoms with Gasteiger partial charge in [0.25, 0.3) is 11.5 Å². The van der Waals surface area contributed by atoms with E-state index >= 15 is 0 Å². The first-order chi connectivity index (χ1) is 9.38. The number of rotatable bonds is 3. The lowest BCUT2D eigenvalue weighted by molar-refractivity contribution is 0.0938. The summed E-state index contributed by atoms with van der Waals surface area (Å²) in [6.07, 6.45) is 0. The second kappa shape index (κ2) is 5.63. The van der Waals surface area contributed by atoms with Gasteiger partial charge in [-0.1, -0.05) is 0 Å². The van der Waals surface area contributed by atoms with Crippen molar-refractivity contribution in [2.45, 2.75) is 33.7 Å². The van der Waals surface area contributed by atoms with Gasteiger partial charge in [0.2, 0.25) is 0 Å². The van der Waals surface area contributed by atoms with Gasteiger partial charge in [0.15, 0.2) is 0 Å².